The van der Waals surface area contributed by atoms with Gasteiger partial charge in [-0.3, -0.25) is 0 Å². The van der Waals surface area contributed by atoms with E-state index in [1.54, 1.807) is 0 Å². The molecule has 0 spiro atoms. The van der Waals surface area contributed by atoms with Gasteiger partial charge in [-0.05, 0) is 73.6 Å². The monoisotopic (exact) mass is 413 g/mol. The molecular weight excluding hydrogens is 386 g/mol. The van der Waals surface area contributed by atoms with Gasteiger partial charge in [-0.15, -0.1) is 0 Å². The van der Waals surface area contributed by atoms with Gasteiger partial charge in [0.2, 0.25) is 0 Å². The van der Waals surface area contributed by atoms with E-state index in [2.05, 4.69) is 103 Å². The lowest BCUT2D eigenvalue weighted by molar-refractivity contribution is 0.315. The standard InChI is InChI=1S/C26H27N3S/c1-18(19-8-11-21(12-9-19)29-15-14-22(17-29)28(2)3)20-10-13-26-24(16-20)27-23-6-4-5-7-25(23)30-26/h4-13,16,22,27H,1,14-15,17H2,2-3H3/t22-/m0/s1. The molecule has 0 bridgehead atoms. The molecule has 5 rings (SSSR count). The van der Waals surface area contributed by atoms with Crippen LogP contribution in [0.15, 0.2) is 83.1 Å². The summed E-state index contributed by atoms with van der Waals surface area (Å²) in [5.74, 6) is 0. The highest BCUT2D eigenvalue weighted by Crippen LogP contribution is 2.44. The second-order valence-corrected chi connectivity index (χ2v) is 9.40. The van der Waals surface area contributed by atoms with Crippen LogP contribution in [0.4, 0.5) is 17.1 Å². The van der Waals surface area contributed by atoms with E-state index in [0.29, 0.717) is 6.04 Å². The molecule has 1 fully saturated rings. The molecule has 2 heterocycles. The molecule has 3 aromatic rings. The molecular formula is C26H27N3S. The van der Waals surface area contributed by atoms with E-state index in [1.807, 2.05) is 11.8 Å². The zero-order valence-corrected chi connectivity index (χ0v) is 18.4. The summed E-state index contributed by atoms with van der Waals surface area (Å²) in [5.41, 5.74) is 7.01. The molecule has 0 saturated carbocycles. The first-order valence-corrected chi connectivity index (χ1v) is 11.3. The third-order valence-electron chi connectivity index (χ3n) is 6.18. The summed E-state index contributed by atoms with van der Waals surface area (Å²) in [5, 5.41) is 3.57. The summed E-state index contributed by atoms with van der Waals surface area (Å²) in [7, 11) is 4.34. The Hall–Kier alpha value is -2.69. The predicted octanol–water partition coefficient (Wildman–Crippen LogP) is 6.10. The summed E-state index contributed by atoms with van der Waals surface area (Å²) in [4.78, 5) is 7.33. The van der Waals surface area contributed by atoms with Crippen LogP contribution in [0.2, 0.25) is 0 Å². The van der Waals surface area contributed by atoms with Gasteiger partial charge >= 0.3 is 0 Å². The Morgan fingerprint density at radius 1 is 0.967 bits per heavy atom. The number of rotatable bonds is 4. The number of hydrogen-bond acceptors (Lipinski definition) is 4. The Morgan fingerprint density at radius 2 is 1.70 bits per heavy atom. The topological polar surface area (TPSA) is 18.5 Å². The number of fused-ring (bicyclic) bond motifs is 2. The molecule has 2 aliphatic heterocycles. The van der Waals surface area contributed by atoms with Crippen molar-refractivity contribution < 1.29 is 0 Å². The lowest BCUT2D eigenvalue weighted by Crippen LogP contribution is -2.31. The lowest BCUT2D eigenvalue weighted by Gasteiger charge is -2.22. The van der Waals surface area contributed by atoms with Crippen molar-refractivity contribution in [3.05, 3.63) is 84.4 Å². The number of nitrogens with one attached hydrogen (secondary N) is 1. The third-order valence-corrected chi connectivity index (χ3v) is 7.33. The molecule has 2 aliphatic rings. The number of likely N-dealkylation sites (N-methyl/N-ethyl adjacent to an activating group) is 1. The van der Waals surface area contributed by atoms with Gasteiger partial charge in [0.05, 0.1) is 11.4 Å². The van der Waals surface area contributed by atoms with E-state index in [0.717, 1.165) is 29.9 Å². The minimum atomic E-state index is 0.644. The van der Waals surface area contributed by atoms with Crippen molar-refractivity contribution >= 4 is 34.4 Å². The fraction of sp³-hybridized carbons (Fsp3) is 0.231. The summed E-state index contributed by atoms with van der Waals surface area (Å²) < 4.78 is 0. The van der Waals surface area contributed by atoms with Crippen LogP contribution in [0.1, 0.15) is 17.5 Å². The van der Waals surface area contributed by atoms with E-state index >= 15 is 0 Å². The second kappa shape index (κ2) is 7.86. The van der Waals surface area contributed by atoms with Gasteiger partial charge in [-0.2, -0.15) is 0 Å². The number of benzene rings is 3. The van der Waals surface area contributed by atoms with Crippen LogP contribution in [0, 0.1) is 0 Å². The summed E-state index contributed by atoms with van der Waals surface area (Å²) >= 11 is 1.82. The van der Waals surface area contributed by atoms with Crippen molar-refractivity contribution in [2.75, 3.05) is 37.4 Å². The molecule has 0 aromatic heterocycles. The Kier molecular flexibility index (Phi) is 5.05. The van der Waals surface area contributed by atoms with Gasteiger partial charge in [0.15, 0.2) is 0 Å². The van der Waals surface area contributed by atoms with Crippen molar-refractivity contribution in [1.29, 1.82) is 0 Å². The van der Waals surface area contributed by atoms with Crippen molar-refractivity contribution in [3.63, 3.8) is 0 Å². The fourth-order valence-corrected chi connectivity index (χ4v) is 5.23. The molecule has 152 valence electrons. The van der Waals surface area contributed by atoms with E-state index in [-0.39, 0.29) is 0 Å². The number of hydrogen-bond donors (Lipinski definition) is 1. The van der Waals surface area contributed by atoms with Gasteiger partial charge in [0.1, 0.15) is 0 Å². The van der Waals surface area contributed by atoms with Gasteiger partial charge in [-0.1, -0.05) is 48.7 Å². The van der Waals surface area contributed by atoms with Crippen molar-refractivity contribution in [2.24, 2.45) is 0 Å². The zero-order valence-electron chi connectivity index (χ0n) is 17.6. The molecule has 4 heteroatoms. The SMILES string of the molecule is C=C(c1ccc(N2CC[C@H](N(C)C)C2)cc1)c1ccc2c(c1)Nc1ccccc1S2. The van der Waals surface area contributed by atoms with Gasteiger partial charge in [0, 0.05) is 34.6 Å². The van der Waals surface area contributed by atoms with Gasteiger partial charge in [-0.25, -0.2) is 0 Å². The highest BCUT2D eigenvalue weighted by molar-refractivity contribution is 7.99. The number of para-hydroxylation sites is 1. The maximum atomic E-state index is 4.40. The highest BCUT2D eigenvalue weighted by atomic mass is 32.2. The normalized spacial score (nSPS) is 17.4. The first kappa shape index (κ1) is 19.3. The minimum Gasteiger partial charge on any atom is -0.370 e. The molecule has 3 aromatic carbocycles. The van der Waals surface area contributed by atoms with Crippen LogP contribution in [0.3, 0.4) is 0 Å². The predicted molar refractivity (Wildman–Crippen MR) is 129 cm³/mol. The summed E-state index contributed by atoms with van der Waals surface area (Å²) in [6.45, 7) is 6.62. The first-order valence-electron chi connectivity index (χ1n) is 10.5. The van der Waals surface area contributed by atoms with Crippen LogP contribution in [-0.4, -0.2) is 38.1 Å². The third kappa shape index (κ3) is 3.62. The summed E-state index contributed by atoms with van der Waals surface area (Å²) in [6.07, 6.45) is 1.23. The maximum absolute atomic E-state index is 4.40. The summed E-state index contributed by atoms with van der Waals surface area (Å²) in [6, 6.07) is 24.6. The first-order chi connectivity index (χ1) is 14.6. The van der Waals surface area contributed by atoms with Crippen LogP contribution in [0.5, 0.6) is 0 Å². The average Bonchev–Trinajstić information content (AvgIpc) is 3.28. The van der Waals surface area contributed by atoms with Gasteiger partial charge < -0.3 is 15.1 Å². The van der Waals surface area contributed by atoms with Crippen LogP contribution < -0.4 is 10.2 Å². The largest absolute Gasteiger partial charge is 0.370 e. The highest BCUT2D eigenvalue weighted by Gasteiger charge is 2.24. The molecule has 1 atom stereocenters. The molecule has 0 amide bonds. The van der Waals surface area contributed by atoms with Crippen molar-refractivity contribution in [3.8, 4) is 0 Å². The molecule has 30 heavy (non-hydrogen) atoms. The lowest BCUT2D eigenvalue weighted by atomic mass is 9.98. The van der Waals surface area contributed by atoms with Crippen molar-refractivity contribution in [1.82, 2.24) is 4.90 Å². The van der Waals surface area contributed by atoms with Crippen molar-refractivity contribution in [2.45, 2.75) is 22.3 Å². The van der Waals surface area contributed by atoms with Crippen LogP contribution in [0.25, 0.3) is 5.57 Å². The van der Waals surface area contributed by atoms with E-state index in [1.165, 1.54) is 33.2 Å². The molecule has 3 nitrogen and oxygen atoms in total. The Morgan fingerprint density at radius 3 is 2.47 bits per heavy atom. The minimum absolute atomic E-state index is 0.644. The Bertz CT molecular complexity index is 1090. The van der Waals surface area contributed by atoms with Crippen LogP contribution in [-0.2, 0) is 0 Å². The smallest absolute Gasteiger partial charge is 0.0532 e. The molecule has 0 aliphatic carbocycles. The number of anilines is 3. The van der Waals surface area contributed by atoms with Crippen LogP contribution >= 0.6 is 11.8 Å². The van der Waals surface area contributed by atoms with E-state index < -0.39 is 0 Å². The second-order valence-electron chi connectivity index (χ2n) is 8.31. The molecule has 1 saturated heterocycles. The molecule has 0 unspecified atom stereocenters. The Balaban J connectivity index is 1.33. The van der Waals surface area contributed by atoms with E-state index in [4.69, 9.17) is 0 Å². The van der Waals surface area contributed by atoms with E-state index in [9.17, 15) is 0 Å². The molecule has 1 N–H and O–H groups in total. The number of nitrogens with zero attached hydrogens (tertiary/aromatic N) is 2. The maximum Gasteiger partial charge on any atom is 0.0532 e. The quantitative estimate of drug-likeness (QED) is 0.436. The Labute approximate surface area is 183 Å². The zero-order chi connectivity index (χ0) is 20.7. The van der Waals surface area contributed by atoms with Gasteiger partial charge in [0.25, 0.3) is 0 Å². The fourth-order valence-electron chi connectivity index (χ4n) is 4.26. The average molecular weight is 414 g/mol. The molecule has 0 radical (unpaired) electrons.